The van der Waals surface area contributed by atoms with E-state index in [0.29, 0.717) is 12.8 Å². The van der Waals surface area contributed by atoms with Gasteiger partial charge < -0.3 is 39.8 Å². The van der Waals surface area contributed by atoms with Crippen molar-refractivity contribution >= 4 is 19.8 Å². The Morgan fingerprint density at radius 2 is 1.08 bits per heavy atom. The predicted octanol–water partition coefficient (Wildman–Crippen LogP) is 10.2. The van der Waals surface area contributed by atoms with Crippen molar-refractivity contribution in [3.05, 3.63) is 12.2 Å². The first-order chi connectivity index (χ1) is 26.5. The third kappa shape index (κ3) is 38.4. The summed E-state index contributed by atoms with van der Waals surface area (Å²) in [6.45, 7) is -4.98. The molecule has 3 atom stereocenters. The first-order valence-corrected chi connectivity index (χ1v) is 21.6. The lowest BCUT2D eigenvalue weighted by molar-refractivity contribution is -0.230. The summed E-state index contributed by atoms with van der Waals surface area (Å²) in [5.74, 6) is -1.26. The lowest BCUT2D eigenvalue weighted by atomic mass is 10.0. The van der Waals surface area contributed by atoms with Gasteiger partial charge in [-0.05, 0) is 38.5 Å². The monoisotopic (exact) mass is 771 g/mol. The van der Waals surface area contributed by atoms with Crippen LogP contribution in [-0.2, 0) is 32.7 Å². The number of esters is 2. The second-order valence-corrected chi connectivity index (χ2v) is 14.9. The third-order valence-corrected chi connectivity index (χ3v) is 9.41. The average molecular weight is 771 g/mol. The second-order valence-electron chi connectivity index (χ2n) is 13.5. The van der Waals surface area contributed by atoms with Gasteiger partial charge in [-0.25, -0.2) is 0 Å². The number of hydrogen-bond acceptors (Lipinski definition) is 10. The molecule has 0 amide bonds. The molecule has 0 bridgehead atoms. The highest BCUT2D eigenvalue weighted by Crippen LogP contribution is 2.38. The Balaban J connectivity index is 0. The van der Waals surface area contributed by atoms with Gasteiger partial charge in [0.15, 0.2) is 6.10 Å². The van der Waals surface area contributed by atoms with Gasteiger partial charge in [-0.2, -0.15) is 0 Å². The first kappa shape index (κ1) is 43.4. The van der Waals surface area contributed by atoms with Crippen LogP contribution in [0.5, 0.6) is 0 Å². The smallest absolute Gasteiger partial charge is 0.306 e. The highest BCUT2D eigenvalue weighted by atomic mass is 31.2. The molecule has 12 heteroatoms. The van der Waals surface area contributed by atoms with Crippen LogP contribution in [0.3, 0.4) is 0 Å². The molecule has 0 aliphatic heterocycles. The van der Waals surface area contributed by atoms with Crippen LogP contribution in [0.25, 0.3) is 0 Å². The van der Waals surface area contributed by atoms with Crippen LogP contribution in [0, 0.1) is 0 Å². The molecule has 0 spiro atoms. The fraction of sp³-hybridized carbons (Fsp3) is 0.900. The van der Waals surface area contributed by atoms with Crippen LogP contribution >= 0.6 is 7.82 Å². The van der Waals surface area contributed by atoms with E-state index < -0.39 is 58.3 Å². The van der Waals surface area contributed by atoms with Gasteiger partial charge in [0.2, 0.25) is 0 Å². The van der Waals surface area contributed by atoms with E-state index in [0.717, 1.165) is 64.2 Å². The summed E-state index contributed by atoms with van der Waals surface area (Å²) in [7, 11) is -5.74. The zero-order valence-electron chi connectivity index (χ0n) is 38.1. The normalized spacial score (nSPS) is 16.4. The van der Waals surface area contributed by atoms with Crippen molar-refractivity contribution in [2.75, 3.05) is 26.3 Å². The maximum absolute atomic E-state index is 12.6. The Morgan fingerprint density at radius 3 is 1.52 bits per heavy atom. The summed E-state index contributed by atoms with van der Waals surface area (Å²) in [5, 5.41) is 19.1. The quantitative estimate of drug-likeness (QED) is 0.0235. The highest BCUT2D eigenvalue weighted by Gasteiger charge is 2.21. The summed E-state index contributed by atoms with van der Waals surface area (Å²) < 4.78 is 68.4. The largest absolute Gasteiger partial charge is 0.756 e. The summed E-state index contributed by atoms with van der Waals surface area (Å²) in [4.78, 5) is 37.5. The van der Waals surface area contributed by atoms with Crippen LogP contribution in [0.2, 0.25) is 0 Å². The molecule has 0 aromatic carbocycles. The van der Waals surface area contributed by atoms with E-state index in [1.165, 1.54) is 89.9 Å². The second kappa shape index (κ2) is 39.4. The van der Waals surface area contributed by atoms with Crippen LogP contribution in [0.1, 0.15) is 200 Å². The summed E-state index contributed by atoms with van der Waals surface area (Å²) in [6.07, 6.45) is 28.2. The van der Waals surface area contributed by atoms with E-state index in [2.05, 4.69) is 35.0 Å². The number of phosphoric acid groups is 1. The molecule has 2 unspecified atom stereocenters. The van der Waals surface area contributed by atoms with Gasteiger partial charge in [0.05, 0.1) is 26.6 Å². The third-order valence-electron chi connectivity index (χ3n) is 8.63. The Morgan fingerprint density at radius 1 is 0.673 bits per heavy atom. The van der Waals surface area contributed by atoms with Crippen molar-refractivity contribution in [1.82, 2.24) is 6.15 Å². The Kier molecular flexibility index (Phi) is 32.9. The number of carbonyl (C=O) groups excluding carboxylic acids is 2. The van der Waals surface area contributed by atoms with Gasteiger partial charge in [-0.1, -0.05) is 154 Å². The molecule has 0 radical (unpaired) electrons. The van der Waals surface area contributed by atoms with E-state index in [9.17, 15) is 29.3 Å². The fourth-order valence-electron chi connectivity index (χ4n) is 5.57. The minimum Gasteiger partial charge on any atom is -0.756 e. The van der Waals surface area contributed by atoms with E-state index in [1.807, 2.05) is 0 Å². The lowest BCUT2D eigenvalue weighted by Gasteiger charge is -2.26. The number of hydrogen-bond donors (Lipinski definition) is 3. The zero-order chi connectivity index (χ0) is 42.2. The number of ether oxygens (including phenoxy) is 2. The summed E-state index contributed by atoms with van der Waals surface area (Å²) in [5.41, 5.74) is 0. The van der Waals surface area contributed by atoms with Gasteiger partial charge in [0.1, 0.15) is 12.7 Å². The number of phosphoric ester groups is 1. The van der Waals surface area contributed by atoms with E-state index in [1.54, 1.807) is 0 Å². The van der Waals surface area contributed by atoms with Gasteiger partial charge >= 0.3 is 11.9 Å². The minimum absolute atomic E-state index is 0. The SMILES string of the molecule is [2H]C([2H])(O)C([2H])(O)C([2H])([2H])OP(=O)([O-])OC[C@@H](COC(=O)CCCCCCCCCCCCCCC)OC(=O)CCCCCCC/C=C\CCCCCCCC.[NH4+]. The molecule has 310 valence electrons. The van der Waals surface area contributed by atoms with Gasteiger partial charge in [-0.15, -0.1) is 0 Å². The van der Waals surface area contributed by atoms with E-state index in [-0.39, 0.29) is 19.0 Å². The molecule has 0 aromatic heterocycles. The number of unbranched alkanes of at least 4 members (excludes halogenated alkanes) is 23. The van der Waals surface area contributed by atoms with Crippen molar-refractivity contribution in [2.24, 2.45) is 0 Å². The number of aliphatic hydroxyl groups is 2. The van der Waals surface area contributed by atoms with Crippen molar-refractivity contribution in [3.8, 4) is 0 Å². The van der Waals surface area contributed by atoms with Crippen LogP contribution in [0.4, 0.5) is 0 Å². The predicted molar refractivity (Wildman–Crippen MR) is 209 cm³/mol. The molecule has 0 aromatic rings. The topological polar surface area (TPSA) is 188 Å². The van der Waals surface area contributed by atoms with Crippen LogP contribution < -0.4 is 11.0 Å². The zero-order valence-corrected chi connectivity index (χ0v) is 33.9. The van der Waals surface area contributed by atoms with Crippen molar-refractivity contribution in [1.29, 1.82) is 0 Å². The molecule has 6 N–H and O–H groups in total. The number of allylic oxidation sites excluding steroid dienone is 2. The van der Waals surface area contributed by atoms with Gasteiger partial charge in [0.25, 0.3) is 7.82 Å². The van der Waals surface area contributed by atoms with Crippen molar-refractivity contribution < 1.29 is 54.6 Å². The molecular formula is C40H80NO10P. The van der Waals surface area contributed by atoms with Crippen LogP contribution in [-0.4, -0.2) is 60.7 Å². The minimum atomic E-state index is -5.74. The Hall–Kier alpha value is -1.33. The number of rotatable bonds is 39. The van der Waals surface area contributed by atoms with E-state index in [4.69, 9.17) is 16.3 Å². The molecule has 0 rings (SSSR count). The highest BCUT2D eigenvalue weighted by molar-refractivity contribution is 7.45. The average Bonchev–Trinajstić information content (AvgIpc) is 3.12. The fourth-order valence-corrected chi connectivity index (χ4v) is 6.17. The molecule has 0 saturated heterocycles. The molecule has 11 nitrogen and oxygen atoms in total. The Bertz CT molecular complexity index is 1080. The molecule has 0 aliphatic rings. The van der Waals surface area contributed by atoms with Gasteiger partial charge in [0, 0.05) is 12.8 Å². The van der Waals surface area contributed by atoms with Crippen molar-refractivity contribution in [3.63, 3.8) is 0 Å². The summed E-state index contributed by atoms with van der Waals surface area (Å²) in [6, 6.07) is 0. The van der Waals surface area contributed by atoms with Gasteiger partial charge in [-0.3, -0.25) is 14.2 Å². The molecule has 0 aliphatic carbocycles. The molecular weight excluding hydrogens is 685 g/mol. The summed E-state index contributed by atoms with van der Waals surface area (Å²) >= 11 is 0. The molecule has 0 heterocycles. The maximum Gasteiger partial charge on any atom is 0.306 e. The number of quaternary nitrogens is 1. The maximum atomic E-state index is 12.6. The lowest BCUT2D eigenvalue weighted by Crippen LogP contribution is -2.30. The molecule has 0 saturated carbocycles. The molecule has 52 heavy (non-hydrogen) atoms. The first-order valence-electron chi connectivity index (χ1n) is 22.6. The molecule has 0 fully saturated rings. The van der Waals surface area contributed by atoms with Crippen molar-refractivity contribution in [2.45, 2.75) is 206 Å². The number of carbonyl (C=O) groups is 2. The Labute approximate surface area is 324 Å². The van der Waals surface area contributed by atoms with E-state index >= 15 is 0 Å². The van der Waals surface area contributed by atoms with Crippen LogP contribution in [0.15, 0.2) is 12.2 Å². The standard InChI is InChI=1S/C40H77O10P.H3N/c1-3-5-7-9-11-13-15-17-18-20-22-24-26-28-30-32-40(44)50-38(36-49-51(45,46)48-34-37(42)33-41)35-47-39(43)31-29-27-25-23-21-19-16-14-12-10-8-6-4-2;/h17-18,37-38,41-42H,3-16,19-36H2,1-2H3,(H,45,46);1H3/b18-17-;/t37?,38-;/m1./s1/i33D2,34D2,37D;.